The second-order valence-corrected chi connectivity index (χ2v) is 7.34. The van der Waals surface area contributed by atoms with Crippen molar-refractivity contribution < 1.29 is 9.59 Å². The van der Waals surface area contributed by atoms with Crippen LogP contribution in [0.1, 0.15) is 64.2 Å². The molecule has 1 aliphatic heterocycles. The third-order valence-electron chi connectivity index (χ3n) is 5.38. The highest BCUT2D eigenvalue weighted by Crippen LogP contribution is 2.42. The molecule has 3 nitrogen and oxygen atoms in total. The van der Waals surface area contributed by atoms with E-state index in [2.05, 4.69) is 25.1 Å². The Morgan fingerprint density at radius 2 is 1.80 bits per heavy atom. The SMILES string of the molecule is Cc1ccc(CN2C(=O)CCC(=O)c3cccc(C)c32)cc1C1CC1. The zero-order chi connectivity index (χ0) is 17.6. The average Bonchev–Trinajstić information content (AvgIpc) is 3.43. The van der Waals surface area contributed by atoms with Crippen LogP contribution in [0.2, 0.25) is 0 Å². The van der Waals surface area contributed by atoms with E-state index >= 15 is 0 Å². The van der Waals surface area contributed by atoms with Gasteiger partial charge in [-0.3, -0.25) is 9.59 Å². The number of aryl methyl sites for hydroxylation is 2. The molecule has 1 saturated carbocycles. The Morgan fingerprint density at radius 3 is 2.56 bits per heavy atom. The van der Waals surface area contributed by atoms with Crippen molar-refractivity contribution in [3.05, 3.63) is 64.2 Å². The van der Waals surface area contributed by atoms with Gasteiger partial charge in [0.25, 0.3) is 0 Å². The highest BCUT2D eigenvalue weighted by molar-refractivity contribution is 6.10. The molecular weight excluding hydrogens is 310 g/mol. The number of benzene rings is 2. The highest BCUT2D eigenvalue weighted by Gasteiger charge is 2.29. The van der Waals surface area contributed by atoms with E-state index in [-0.39, 0.29) is 18.1 Å². The Kier molecular flexibility index (Phi) is 3.95. The summed E-state index contributed by atoms with van der Waals surface area (Å²) in [5, 5.41) is 0. The number of amides is 1. The number of hydrogen-bond acceptors (Lipinski definition) is 2. The Hall–Kier alpha value is -2.42. The lowest BCUT2D eigenvalue weighted by Gasteiger charge is -2.25. The summed E-state index contributed by atoms with van der Waals surface area (Å²) in [5.41, 5.74) is 6.35. The smallest absolute Gasteiger partial charge is 0.227 e. The zero-order valence-corrected chi connectivity index (χ0v) is 14.8. The largest absolute Gasteiger partial charge is 0.307 e. The Balaban J connectivity index is 1.74. The number of hydrogen-bond donors (Lipinski definition) is 0. The van der Waals surface area contributed by atoms with Gasteiger partial charge < -0.3 is 4.90 Å². The first-order valence-corrected chi connectivity index (χ1v) is 9.07. The quantitative estimate of drug-likeness (QED) is 0.817. The Bertz CT molecular complexity index is 864. The minimum absolute atomic E-state index is 0.0370. The molecule has 0 N–H and O–H groups in total. The predicted octanol–water partition coefficient (Wildman–Crippen LogP) is 4.69. The van der Waals surface area contributed by atoms with Crippen molar-refractivity contribution in [1.29, 1.82) is 0 Å². The molecule has 2 aromatic rings. The molecule has 3 heteroatoms. The lowest BCUT2D eigenvalue weighted by Crippen LogP contribution is -2.30. The Labute approximate surface area is 148 Å². The van der Waals surface area contributed by atoms with Crippen LogP contribution in [-0.4, -0.2) is 11.7 Å². The zero-order valence-electron chi connectivity index (χ0n) is 14.8. The van der Waals surface area contributed by atoms with E-state index in [0.29, 0.717) is 24.4 Å². The minimum atomic E-state index is 0.0370. The lowest BCUT2D eigenvalue weighted by atomic mass is 10.00. The third-order valence-corrected chi connectivity index (χ3v) is 5.38. The summed E-state index contributed by atoms with van der Waals surface area (Å²) in [7, 11) is 0. The van der Waals surface area contributed by atoms with Gasteiger partial charge in [-0.2, -0.15) is 0 Å². The number of para-hydroxylation sites is 1. The standard InChI is InChI=1S/C22H23NO2/c1-14-6-7-16(12-19(14)17-8-9-17)13-23-21(25)11-10-20(24)18-5-3-4-15(2)22(18)23/h3-7,12,17H,8-11,13H2,1-2H3. The van der Waals surface area contributed by atoms with Crippen molar-refractivity contribution in [2.45, 2.75) is 52.0 Å². The molecule has 0 bridgehead atoms. The van der Waals surface area contributed by atoms with Gasteiger partial charge in [-0.1, -0.05) is 30.3 Å². The van der Waals surface area contributed by atoms with Gasteiger partial charge in [0.15, 0.2) is 5.78 Å². The van der Waals surface area contributed by atoms with E-state index in [1.807, 2.05) is 30.0 Å². The summed E-state index contributed by atoms with van der Waals surface area (Å²) in [4.78, 5) is 27.0. The fourth-order valence-corrected chi connectivity index (χ4v) is 3.83. The Morgan fingerprint density at radius 1 is 1.00 bits per heavy atom. The molecule has 128 valence electrons. The van der Waals surface area contributed by atoms with E-state index in [0.717, 1.165) is 16.8 Å². The first-order valence-electron chi connectivity index (χ1n) is 9.07. The van der Waals surface area contributed by atoms with E-state index in [1.165, 1.54) is 24.0 Å². The van der Waals surface area contributed by atoms with Crippen LogP contribution in [0.3, 0.4) is 0 Å². The van der Waals surface area contributed by atoms with Crippen LogP contribution in [0, 0.1) is 13.8 Å². The van der Waals surface area contributed by atoms with Gasteiger partial charge in [0.05, 0.1) is 12.2 Å². The van der Waals surface area contributed by atoms with Crippen LogP contribution in [0.4, 0.5) is 5.69 Å². The summed E-state index contributed by atoms with van der Waals surface area (Å²) in [5.74, 6) is 0.794. The maximum atomic E-state index is 12.8. The molecule has 1 aliphatic carbocycles. The van der Waals surface area contributed by atoms with Crippen molar-refractivity contribution in [2.24, 2.45) is 0 Å². The summed E-state index contributed by atoms with van der Waals surface area (Å²) < 4.78 is 0. The van der Waals surface area contributed by atoms with E-state index in [1.54, 1.807) is 0 Å². The fraction of sp³-hybridized carbons (Fsp3) is 0.364. The first-order chi connectivity index (χ1) is 12.0. The highest BCUT2D eigenvalue weighted by atomic mass is 16.2. The maximum absolute atomic E-state index is 12.8. The van der Waals surface area contributed by atoms with Crippen LogP contribution in [0.15, 0.2) is 36.4 Å². The second kappa shape index (κ2) is 6.14. The fourth-order valence-electron chi connectivity index (χ4n) is 3.83. The molecule has 2 aliphatic rings. The number of nitrogens with zero attached hydrogens (tertiary/aromatic N) is 1. The normalized spacial score (nSPS) is 17.4. The van der Waals surface area contributed by atoms with Crippen LogP contribution >= 0.6 is 0 Å². The van der Waals surface area contributed by atoms with E-state index in [9.17, 15) is 9.59 Å². The molecule has 0 atom stereocenters. The van der Waals surface area contributed by atoms with Crippen molar-refractivity contribution in [3.63, 3.8) is 0 Å². The van der Waals surface area contributed by atoms with Crippen LogP contribution < -0.4 is 4.90 Å². The first kappa shape index (κ1) is 16.1. The van der Waals surface area contributed by atoms with E-state index in [4.69, 9.17) is 0 Å². The molecule has 1 fully saturated rings. The van der Waals surface area contributed by atoms with Gasteiger partial charge in [-0.05, 0) is 60.9 Å². The molecule has 25 heavy (non-hydrogen) atoms. The number of ketones is 1. The van der Waals surface area contributed by atoms with Gasteiger partial charge in [0.2, 0.25) is 5.91 Å². The van der Waals surface area contributed by atoms with Gasteiger partial charge in [0.1, 0.15) is 0 Å². The molecule has 1 heterocycles. The van der Waals surface area contributed by atoms with Crippen molar-refractivity contribution in [2.75, 3.05) is 4.90 Å². The topological polar surface area (TPSA) is 37.4 Å². The van der Waals surface area contributed by atoms with Gasteiger partial charge in [0, 0.05) is 18.4 Å². The molecule has 4 rings (SSSR count). The molecule has 2 aromatic carbocycles. The molecule has 1 amide bonds. The summed E-state index contributed by atoms with van der Waals surface area (Å²) in [6, 6.07) is 12.2. The van der Waals surface area contributed by atoms with Crippen molar-refractivity contribution in [1.82, 2.24) is 0 Å². The number of fused-ring (bicyclic) bond motifs is 1. The number of anilines is 1. The van der Waals surface area contributed by atoms with Gasteiger partial charge >= 0.3 is 0 Å². The summed E-state index contributed by atoms with van der Waals surface area (Å²) >= 11 is 0. The van der Waals surface area contributed by atoms with Gasteiger partial charge in [-0.25, -0.2) is 0 Å². The van der Waals surface area contributed by atoms with Crippen LogP contribution in [0.25, 0.3) is 0 Å². The van der Waals surface area contributed by atoms with Crippen LogP contribution in [0.5, 0.6) is 0 Å². The maximum Gasteiger partial charge on any atom is 0.227 e. The average molecular weight is 333 g/mol. The van der Waals surface area contributed by atoms with Crippen molar-refractivity contribution >= 4 is 17.4 Å². The summed E-state index contributed by atoms with van der Waals surface area (Å²) in [6.45, 7) is 4.67. The lowest BCUT2D eigenvalue weighted by molar-refractivity contribution is -0.118. The van der Waals surface area contributed by atoms with E-state index < -0.39 is 0 Å². The van der Waals surface area contributed by atoms with Gasteiger partial charge in [-0.15, -0.1) is 0 Å². The molecule has 0 spiro atoms. The third kappa shape index (κ3) is 2.99. The number of Topliss-reactive ketones (excluding diaryl/α,β-unsaturated/α-hetero) is 1. The molecular formula is C22H23NO2. The number of rotatable bonds is 3. The minimum Gasteiger partial charge on any atom is -0.307 e. The number of carbonyl (C=O) groups excluding carboxylic acids is 2. The molecule has 0 aromatic heterocycles. The monoisotopic (exact) mass is 333 g/mol. The molecule has 0 unspecified atom stereocenters. The molecule has 0 saturated heterocycles. The number of carbonyl (C=O) groups is 2. The molecule has 0 radical (unpaired) electrons. The van der Waals surface area contributed by atoms with Crippen LogP contribution in [-0.2, 0) is 11.3 Å². The van der Waals surface area contributed by atoms with Crippen molar-refractivity contribution in [3.8, 4) is 0 Å². The second-order valence-electron chi connectivity index (χ2n) is 7.34. The summed E-state index contributed by atoms with van der Waals surface area (Å²) in [6.07, 6.45) is 3.12. The predicted molar refractivity (Wildman–Crippen MR) is 99.1 cm³/mol.